The van der Waals surface area contributed by atoms with Crippen molar-refractivity contribution in [2.24, 2.45) is 0 Å². The first-order valence-electron chi connectivity index (χ1n) is 4.78. The Labute approximate surface area is 92.0 Å². The van der Waals surface area contributed by atoms with Gasteiger partial charge in [-0.05, 0) is 13.8 Å². The Kier molecular flexibility index (Phi) is 3.08. The number of nitrogens with one attached hydrogen (secondary N) is 2. The van der Waals surface area contributed by atoms with E-state index in [1.807, 2.05) is 18.5 Å². The van der Waals surface area contributed by atoms with E-state index in [-0.39, 0.29) is 12.1 Å². The zero-order chi connectivity index (χ0) is 10.7. The number of aromatic nitrogens is 4. The topological polar surface area (TPSA) is 66.5 Å². The molecule has 0 aliphatic carbocycles. The quantitative estimate of drug-likeness (QED) is 0.827. The van der Waals surface area contributed by atoms with E-state index in [1.54, 1.807) is 11.3 Å². The van der Waals surface area contributed by atoms with E-state index in [0.717, 1.165) is 10.8 Å². The highest BCUT2D eigenvalue weighted by molar-refractivity contribution is 7.09. The largest absolute Gasteiger partial charge is 0.299 e. The minimum atomic E-state index is 0.145. The SMILES string of the molecule is CC(NC(C)c1nccs1)c1ncn[nH]1. The van der Waals surface area contributed by atoms with Gasteiger partial charge in [-0.15, -0.1) is 11.3 Å². The highest BCUT2D eigenvalue weighted by Gasteiger charge is 2.14. The number of hydrogen-bond donors (Lipinski definition) is 2. The van der Waals surface area contributed by atoms with Gasteiger partial charge in [0.05, 0.1) is 12.1 Å². The molecule has 80 valence electrons. The third-order valence-corrected chi connectivity index (χ3v) is 3.12. The number of thiazole rings is 1. The monoisotopic (exact) mass is 223 g/mol. The Morgan fingerprint density at radius 1 is 1.33 bits per heavy atom. The van der Waals surface area contributed by atoms with Crippen LogP contribution in [0.1, 0.15) is 36.8 Å². The van der Waals surface area contributed by atoms with Crippen molar-refractivity contribution in [3.8, 4) is 0 Å². The minimum absolute atomic E-state index is 0.145. The van der Waals surface area contributed by atoms with Crippen LogP contribution < -0.4 is 5.32 Å². The summed E-state index contributed by atoms with van der Waals surface area (Å²) in [5, 5.41) is 13.1. The third-order valence-electron chi connectivity index (χ3n) is 2.17. The molecule has 0 aliphatic rings. The van der Waals surface area contributed by atoms with Crippen molar-refractivity contribution in [1.82, 2.24) is 25.5 Å². The molecule has 2 unspecified atom stereocenters. The van der Waals surface area contributed by atoms with Gasteiger partial charge in [0.25, 0.3) is 0 Å². The van der Waals surface area contributed by atoms with E-state index >= 15 is 0 Å². The molecule has 0 aliphatic heterocycles. The van der Waals surface area contributed by atoms with Crippen LogP contribution in [0.3, 0.4) is 0 Å². The molecule has 0 saturated heterocycles. The zero-order valence-electron chi connectivity index (χ0n) is 8.64. The van der Waals surface area contributed by atoms with E-state index in [1.165, 1.54) is 6.33 Å². The van der Waals surface area contributed by atoms with Crippen molar-refractivity contribution in [2.45, 2.75) is 25.9 Å². The van der Waals surface area contributed by atoms with Gasteiger partial charge in [-0.2, -0.15) is 5.10 Å². The minimum Gasteiger partial charge on any atom is -0.299 e. The van der Waals surface area contributed by atoms with Gasteiger partial charge in [-0.1, -0.05) is 0 Å². The molecule has 0 amide bonds. The predicted octanol–water partition coefficient (Wildman–Crippen LogP) is 1.67. The lowest BCUT2D eigenvalue weighted by molar-refractivity contribution is 0.476. The Bertz CT molecular complexity index is 344. The van der Waals surface area contributed by atoms with Crippen molar-refractivity contribution in [3.63, 3.8) is 0 Å². The Morgan fingerprint density at radius 2 is 2.20 bits per heavy atom. The van der Waals surface area contributed by atoms with E-state index in [0.29, 0.717) is 0 Å². The second-order valence-electron chi connectivity index (χ2n) is 3.35. The van der Waals surface area contributed by atoms with Gasteiger partial charge in [0.2, 0.25) is 0 Å². The summed E-state index contributed by atoms with van der Waals surface area (Å²) in [4.78, 5) is 8.36. The fourth-order valence-electron chi connectivity index (χ4n) is 1.40. The lowest BCUT2D eigenvalue weighted by Gasteiger charge is -2.15. The number of nitrogens with zero attached hydrogens (tertiary/aromatic N) is 3. The highest BCUT2D eigenvalue weighted by atomic mass is 32.1. The van der Waals surface area contributed by atoms with Gasteiger partial charge >= 0.3 is 0 Å². The molecular formula is C9H13N5S. The van der Waals surface area contributed by atoms with Crippen LogP contribution >= 0.6 is 11.3 Å². The maximum absolute atomic E-state index is 4.26. The van der Waals surface area contributed by atoms with E-state index in [2.05, 4.69) is 32.4 Å². The van der Waals surface area contributed by atoms with Crippen LogP contribution in [0, 0.1) is 0 Å². The fourth-order valence-corrected chi connectivity index (χ4v) is 2.05. The average Bonchev–Trinajstić information content (AvgIpc) is 2.91. The first kappa shape index (κ1) is 10.3. The van der Waals surface area contributed by atoms with Gasteiger partial charge in [0.1, 0.15) is 17.2 Å². The van der Waals surface area contributed by atoms with Crippen LogP contribution in [0.25, 0.3) is 0 Å². The molecular weight excluding hydrogens is 210 g/mol. The van der Waals surface area contributed by atoms with Crippen LogP contribution in [0.15, 0.2) is 17.9 Å². The molecule has 2 aromatic heterocycles. The first-order valence-corrected chi connectivity index (χ1v) is 5.66. The molecule has 2 aromatic rings. The van der Waals surface area contributed by atoms with Gasteiger partial charge in [-0.25, -0.2) is 9.97 Å². The second-order valence-corrected chi connectivity index (χ2v) is 4.28. The van der Waals surface area contributed by atoms with E-state index in [9.17, 15) is 0 Å². The summed E-state index contributed by atoms with van der Waals surface area (Å²) in [5.41, 5.74) is 0. The summed E-state index contributed by atoms with van der Waals surface area (Å²) in [6, 6.07) is 0.372. The molecule has 15 heavy (non-hydrogen) atoms. The zero-order valence-corrected chi connectivity index (χ0v) is 9.45. The Balaban J connectivity index is 1.98. The molecule has 6 heteroatoms. The molecule has 0 fully saturated rings. The maximum atomic E-state index is 4.26. The summed E-state index contributed by atoms with van der Waals surface area (Å²) < 4.78 is 0. The molecule has 0 spiro atoms. The highest BCUT2D eigenvalue weighted by Crippen LogP contribution is 2.18. The van der Waals surface area contributed by atoms with Crippen molar-refractivity contribution < 1.29 is 0 Å². The van der Waals surface area contributed by atoms with Crippen LogP contribution in [0.2, 0.25) is 0 Å². The summed E-state index contributed by atoms with van der Waals surface area (Å²) >= 11 is 1.65. The summed E-state index contributed by atoms with van der Waals surface area (Å²) in [5.74, 6) is 0.846. The number of hydrogen-bond acceptors (Lipinski definition) is 5. The smallest absolute Gasteiger partial charge is 0.141 e. The number of aromatic amines is 1. The van der Waals surface area contributed by atoms with E-state index < -0.39 is 0 Å². The van der Waals surface area contributed by atoms with Gasteiger partial charge < -0.3 is 0 Å². The molecule has 0 aromatic carbocycles. The van der Waals surface area contributed by atoms with Gasteiger partial charge in [0, 0.05) is 11.6 Å². The van der Waals surface area contributed by atoms with Gasteiger partial charge in [-0.3, -0.25) is 10.4 Å². The summed E-state index contributed by atoms with van der Waals surface area (Å²) in [7, 11) is 0. The number of rotatable bonds is 4. The Hall–Kier alpha value is -1.27. The van der Waals surface area contributed by atoms with Crippen molar-refractivity contribution in [3.05, 3.63) is 28.7 Å². The van der Waals surface area contributed by atoms with Crippen LogP contribution in [0.5, 0.6) is 0 Å². The van der Waals surface area contributed by atoms with E-state index in [4.69, 9.17) is 0 Å². The molecule has 2 heterocycles. The second kappa shape index (κ2) is 4.50. The molecule has 0 bridgehead atoms. The van der Waals surface area contributed by atoms with Gasteiger partial charge in [0.15, 0.2) is 0 Å². The fraction of sp³-hybridized carbons (Fsp3) is 0.444. The lowest BCUT2D eigenvalue weighted by atomic mass is 10.2. The van der Waals surface area contributed by atoms with Crippen LogP contribution in [-0.4, -0.2) is 20.2 Å². The van der Waals surface area contributed by atoms with Crippen molar-refractivity contribution in [2.75, 3.05) is 0 Å². The molecule has 2 rings (SSSR count). The molecule has 0 radical (unpaired) electrons. The predicted molar refractivity (Wildman–Crippen MR) is 58.5 cm³/mol. The standard InChI is InChI=1S/C9H13N5S/c1-6(8-11-5-12-14-8)13-7(2)9-10-3-4-15-9/h3-7,13H,1-2H3,(H,11,12,14). The maximum Gasteiger partial charge on any atom is 0.141 e. The summed E-state index contributed by atoms with van der Waals surface area (Å²) in [6.45, 7) is 4.14. The molecule has 5 nitrogen and oxygen atoms in total. The molecule has 2 N–H and O–H groups in total. The van der Waals surface area contributed by atoms with Crippen molar-refractivity contribution in [1.29, 1.82) is 0 Å². The third kappa shape index (κ3) is 2.40. The molecule has 0 saturated carbocycles. The Morgan fingerprint density at radius 3 is 2.80 bits per heavy atom. The normalized spacial score (nSPS) is 15.1. The number of H-pyrrole nitrogens is 1. The van der Waals surface area contributed by atoms with Crippen molar-refractivity contribution >= 4 is 11.3 Å². The lowest BCUT2D eigenvalue weighted by Crippen LogP contribution is -2.23. The van der Waals surface area contributed by atoms with Crippen LogP contribution in [0.4, 0.5) is 0 Å². The first-order chi connectivity index (χ1) is 7.27. The molecule has 2 atom stereocenters. The van der Waals surface area contributed by atoms with Crippen LogP contribution in [-0.2, 0) is 0 Å². The summed E-state index contributed by atoms with van der Waals surface area (Å²) in [6.07, 6.45) is 3.33. The average molecular weight is 223 g/mol.